The first-order valence-electron chi connectivity index (χ1n) is 9.62. The Balaban J connectivity index is 1.70. The van der Waals surface area contributed by atoms with E-state index in [4.69, 9.17) is 9.47 Å². The van der Waals surface area contributed by atoms with Gasteiger partial charge < -0.3 is 14.8 Å². The fraction of sp³-hybridized carbons (Fsp3) is 0.0833. The number of rotatable bonds is 8. The Kier molecular flexibility index (Phi) is 7.34. The molecule has 0 bridgehead atoms. The molecule has 0 unspecified atom stereocenters. The van der Waals surface area contributed by atoms with Crippen molar-refractivity contribution in [2.75, 3.05) is 12.4 Å². The molecule has 0 atom stereocenters. The zero-order chi connectivity index (χ0) is 23.8. The van der Waals surface area contributed by atoms with Gasteiger partial charge in [-0.15, -0.1) is 0 Å². The largest absolute Gasteiger partial charge is 0.496 e. The normalized spacial score (nSPS) is 10.8. The predicted molar refractivity (Wildman–Crippen MR) is 119 cm³/mol. The van der Waals surface area contributed by atoms with Crippen molar-refractivity contribution in [3.05, 3.63) is 99.4 Å². The van der Waals surface area contributed by atoms with E-state index < -0.39 is 10.8 Å². The van der Waals surface area contributed by atoms with Crippen molar-refractivity contribution in [3.8, 4) is 17.6 Å². The molecule has 0 saturated carbocycles. The summed E-state index contributed by atoms with van der Waals surface area (Å²) in [6.45, 7) is 0.252. The Morgan fingerprint density at radius 3 is 2.39 bits per heavy atom. The number of nitriles is 1. The molecule has 0 radical (unpaired) electrons. The highest BCUT2D eigenvalue weighted by Gasteiger charge is 2.19. The van der Waals surface area contributed by atoms with Gasteiger partial charge >= 0.3 is 0 Å². The van der Waals surface area contributed by atoms with E-state index in [-0.39, 0.29) is 35.1 Å². The number of methoxy groups -OCH3 is 1. The molecule has 3 aromatic rings. The van der Waals surface area contributed by atoms with E-state index in [9.17, 15) is 24.6 Å². The van der Waals surface area contributed by atoms with Gasteiger partial charge in [0.25, 0.3) is 11.6 Å². The van der Waals surface area contributed by atoms with E-state index in [0.717, 1.165) is 5.56 Å². The summed E-state index contributed by atoms with van der Waals surface area (Å²) in [6, 6.07) is 18.3. The van der Waals surface area contributed by atoms with E-state index in [1.807, 2.05) is 0 Å². The van der Waals surface area contributed by atoms with Gasteiger partial charge in [-0.2, -0.15) is 5.26 Å². The number of carbonyl (C=O) groups is 1. The summed E-state index contributed by atoms with van der Waals surface area (Å²) in [5.74, 6) is -0.304. The molecule has 0 saturated heterocycles. The molecular weight excluding hydrogens is 429 g/mol. The number of nitrogens with one attached hydrogen (secondary N) is 1. The van der Waals surface area contributed by atoms with Gasteiger partial charge in [-0.25, -0.2) is 4.39 Å². The van der Waals surface area contributed by atoms with E-state index in [0.29, 0.717) is 11.3 Å². The van der Waals surface area contributed by atoms with Crippen LogP contribution >= 0.6 is 0 Å². The van der Waals surface area contributed by atoms with Crippen molar-refractivity contribution in [2.24, 2.45) is 0 Å². The molecule has 33 heavy (non-hydrogen) atoms. The fourth-order valence-electron chi connectivity index (χ4n) is 2.81. The number of nitrogens with zero attached hydrogens (tertiary/aromatic N) is 2. The van der Waals surface area contributed by atoms with Crippen molar-refractivity contribution < 1.29 is 23.6 Å². The third-order valence-corrected chi connectivity index (χ3v) is 4.52. The van der Waals surface area contributed by atoms with Gasteiger partial charge in [-0.3, -0.25) is 14.9 Å². The lowest BCUT2D eigenvalue weighted by Crippen LogP contribution is -2.14. The summed E-state index contributed by atoms with van der Waals surface area (Å²) in [5.41, 5.74) is 0.704. The van der Waals surface area contributed by atoms with Gasteiger partial charge in [0, 0.05) is 0 Å². The highest BCUT2D eigenvalue weighted by Crippen LogP contribution is 2.29. The van der Waals surface area contributed by atoms with Gasteiger partial charge in [0.05, 0.1) is 18.1 Å². The summed E-state index contributed by atoms with van der Waals surface area (Å²) in [7, 11) is 1.37. The fourth-order valence-corrected chi connectivity index (χ4v) is 2.81. The summed E-state index contributed by atoms with van der Waals surface area (Å²) in [6.07, 6.45) is 1.36. The van der Waals surface area contributed by atoms with E-state index in [1.165, 1.54) is 43.5 Å². The number of ether oxygens (including phenoxy) is 2. The maximum Gasteiger partial charge on any atom is 0.296 e. The maximum absolute atomic E-state index is 13.0. The lowest BCUT2D eigenvalue weighted by molar-refractivity contribution is -0.384. The standard InChI is InChI=1S/C24H18FN3O5/c1-32-21-10-11-22(23(13-21)28(30)31)27-24(29)18(14-26)12-16-4-8-20(9-5-16)33-15-17-2-6-19(25)7-3-17/h2-13H,15H2,1H3,(H,27,29)/b18-12+. The van der Waals surface area contributed by atoms with Crippen LogP contribution in [0.5, 0.6) is 11.5 Å². The average Bonchev–Trinajstić information content (AvgIpc) is 2.83. The molecule has 1 amide bonds. The molecule has 3 aromatic carbocycles. The summed E-state index contributed by atoms with van der Waals surface area (Å²) in [4.78, 5) is 23.1. The zero-order valence-electron chi connectivity index (χ0n) is 17.4. The molecule has 0 aliphatic rings. The molecule has 8 nitrogen and oxygen atoms in total. The molecule has 0 heterocycles. The minimum atomic E-state index is -0.789. The minimum Gasteiger partial charge on any atom is -0.496 e. The van der Waals surface area contributed by atoms with Crippen molar-refractivity contribution in [3.63, 3.8) is 0 Å². The molecule has 166 valence electrons. The smallest absolute Gasteiger partial charge is 0.296 e. The Bertz CT molecular complexity index is 1230. The van der Waals surface area contributed by atoms with Crippen LogP contribution in [0.1, 0.15) is 11.1 Å². The predicted octanol–water partition coefficient (Wildman–Crippen LogP) is 4.87. The monoisotopic (exact) mass is 447 g/mol. The average molecular weight is 447 g/mol. The number of hydrogen-bond donors (Lipinski definition) is 1. The summed E-state index contributed by atoms with van der Waals surface area (Å²) in [5, 5.41) is 23.1. The van der Waals surface area contributed by atoms with Crippen molar-refractivity contribution in [1.29, 1.82) is 5.26 Å². The number of anilines is 1. The van der Waals surface area contributed by atoms with Crippen LogP contribution in [0.3, 0.4) is 0 Å². The molecule has 0 aliphatic carbocycles. The molecule has 0 fully saturated rings. The first kappa shape index (κ1) is 23.0. The molecule has 0 aliphatic heterocycles. The lowest BCUT2D eigenvalue weighted by Gasteiger charge is -2.08. The first-order valence-corrected chi connectivity index (χ1v) is 9.62. The number of nitro groups is 1. The maximum atomic E-state index is 13.0. The quantitative estimate of drug-likeness (QED) is 0.228. The van der Waals surface area contributed by atoms with Gasteiger partial charge in [0.2, 0.25) is 0 Å². The minimum absolute atomic E-state index is 0.0588. The van der Waals surface area contributed by atoms with Crippen molar-refractivity contribution in [1.82, 2.24) is 0 Å². The van der Waals surface area contributed by atoms with E-state index >= 15 is 0 Å². The number of nitro benzene ring substituents is 1. The second-order valence-corrected chi connectivity index (χ2v) is 6.75. The topological polar surface area (TPSA) is 114 Å². The van der Waals surface area contributed by atoms with Crippen LogP contribution in [0.25, 0.3) is 6.08 Å². The van der Waals surface area contributed by atoms with Crippen LogP contribution in [0, 0.1) is 27.3 Å². The molecule has 1 N–H and O–H groups in total. The first-order chi connectivity index (χ1) is 15.9. The van der Waals surface area contributed by atoms with Crippen LogP contribution in [0.2, 0.25) is 0 Å². The Hall–Kier alpha value is -4.71. The second-order valence-electron chi connectivity index (χ2n) is 6.75. The van der Waals surface area contributed by atoms with Gasteiger partial charge in [-0.05, 0) is 53.6 Å². The second kappa shape index (κ2) is 10.5. The third kappa shape index (κ3) is 6.15. The van der Waals surface area contributed by atoms with Crippen LogP contribution < -0.4 is 14.8 Å². The van der Waals surface area contributed by atoms with Crippen molar-refractivity contribution >= 4 is 23.4 Å². The number of hydrogen-bond acceptors (Lipinski definition) is 6. The number of benzene rings is 3. The lowest BCUT2D eigenvalue weighted by atomic mass is 10.1. The van der Waals surface area contributed by atoms with E-state index in [2.05, 4.69) is 5.32 Å². The van der Waals surface area contributed by atoms with Gasteiger partial charge in [0.1, 0.15) is 41.3 Å². The van der Waals surface area contributed by atoms with Gasteiger partial charge in [0.15, 0.2) is 0 Å². The van der Waals surface area contributed by atoms with Crippen LogP contribution in [-0.4, -0.2) is 17.9 Å². The summed E-state index contributed by atoms with van der Waals surface area (Å²) >= 11 is 0. The number of halogens is 1. The zero-order valence-corrected chi connectivity index (χ0v) is 17.4. The van der Waals surface area contributed by atoms with Gasteiger partial charge in [-0.1, -0.05) is 24.3 Å². The van der Waals surface area contributed by atoms with Crippen molar-refractivity contribution in [2.45, 2.75) is 6.61 Å². The Morgan fingerprint density at radius 2 is 1.79 bits per heavy atom. The Labute approximate surface area is 188 Å². The molecular formula is C24H18FN3O5. The highest BCUT2D eigenvalue weighted by molar-refractivity contribution is 6.10. The third-order valence-electron chi connectivity index (χ3n) is 4.52. The Morgan fingerprint density at radius 1 is 1.12 bits per heavy atom. The highest BCUT2D eigenvalue weighted by atomic mass is 19.1. The molecule has 0 aromatic heterocycles. The molecule has 0 spiro atoms. The SMILES string of the molecule is COc1ccc(NC(=O)/C(C#N)=C/c2ccc(OCc3ccc(F)cc3)cc2)c([N+](=O)[O-])c1. The number of carbonyl (C=O) groups excluding carboxylic acids is 1. The summed E-state index contributed by atoms with van der Waals surface area (Å²) < 4.78 is 23.6. The van der Waals surface area contributed by atoms with Crippen LogP contribution in [-0.2, 0) is 11.4 Å². The van der Waals surface area contributed by atoms with Crippen LogP contribution in [0.4, 0.5) is 15.8 Å². The van der Waals surface area contributed by atoms with Crippen LogP contribution in [0.15, 0.2) is 72.3 Å². The van der Waals surface area contributed by atoms with E-state index in [1.54, 1.807) is 42.5 Å². The molecule has 3 rings (SSSR count). The molecule has 9 heteroatoms. The number of amides is 1.